The highest BCUT2D eigenvalue weighted by Crippen LogP contribution is 2.32. The third kappa shape index (κ3) is 3.12. The maximum Gasteiger partial charge on any atom is 0.201 e. The Morgan fingerprint density at radius 1 is 0.810 bits per heavy atom. The minimum atomic E-state index is -1.08. The second-order valence-corrected chi connectivity index (χ2v) is 4.25. The number of hydrogen-bond donors (Lipinski definition) is 0. The molecule has 21 heavy (non-hydrogen) atoms. The van der Waals surface area contributed by atoms with Gasteiger partial charge in [-0.25, -0.2) is 8.78 Å². The average molecular weight is 296 g/mol. The van der Waals surface area contributed by atoms with E-state index in [1.165, 1.54) is 24.3 Å². The van der Waals surface area contributed by atoms with Crippen LogP contribution >= 0.6 is 0 Å². The van der Waals surface area contributed by atoms with Crippen molar-refractivity contribution in [2.45, 2.75) is 13.8 Å². The fourth-order valence-corrected chi connectivity index (χ4v) is 1.96. The molecule has 0 aliphatic rings. The van der Waals surface area contributed by atoms with Crippen LogP contribution in [0.3, 0.4) is 0 Å². The normalized spacial score (nSPS) is 10.5. The van der Waals surface area contributed by atoms with Crippen LogP contribution in [0.5, 0.6) is 11.5 Å². The van der Waals surface area contributed by atoms with Gasteiger partial charge >= 0.3 is 0 Å². The van der Waals surface area contributed by atoms with Crippen LogP contribution in [-0.2, 0) is 0 Å². The van der Waals surface area contributed by atoms with Crippen molar-refractivity contribution in [2.24, 2.45) is 0 Å². The SMILES string of the molecule is CCOc1ccc(-c2ccc(OCC)c(F)c2F)cc1F. The largest absolute Gasteiger partial charge is 0.491 e. The van der Waals surface area contributed by atoms with Gasteiger partial charge in [0.25, 0.3) is 0 Å². The maximum absolute atomic E-state index is 14.0. The number of benzene rings is 2. The Bertz CT molecular complexity index is 642. The van der Waals surface area contributed by atoms with E-state index < -0.39 is 17.5 Å². The van der Waals surface area contributed by atoms with Gasteiger partial charge in [-0.05, 0) is 43.7 Å². The molecule has 2 aromatic carbocycles. The van der Waals surface area contributed by atoms with Gasteiger partial charge in [-0.1, -0.05) is 6.07 Å². The van der Waals surface area contributed by atoms with Crippen LogP contribution in [0.4, 0.5) is 13.2 Å². The molecule has 2 rings (SSSR count). The molecule has 5 heteroatoms. The molecule has 0 spiro atoms. The van der Waals surface area contributed by atoms with E-state index in [4.69, 9.17) is 9.47 Å². The summed E-state index contributed by atoms with van der Waals surface area (Å²) in [6.45, 7) is 3.96. The van der Waals surface area contributed by atoms with Gasteiger partial charge in [0, 0.05) is 5.56 Å². The fourth-order valence-electron chi connectivity index (χ4n) is 1.96. The van der Waals surface area contributed by atoms with Crippen LogP contribution < -0.4 is 9.47 Å². The first-order valence-electron chi connectivity index (χ1n) is 6.62. The molecule has 0 aromatic heterocycles. The molecule has 0 heterocycles. The lowest BCUT2D eigenvalue weighted by Crippen LogP contribution is -1.99. The molecule has 112 valence electrons. The van der Waals surface area contributed by atoms with Crippen molar-refractivity contribution in [3.63, 3.8) is 0 Å². The van der Waals surface area contributed by atoms with Crippen LogP contribution in [0, 0.1) is 17.5 Å². The van der Waals surface area contributed by atoms with Gasteiger partial charge in [0.15, 0.2) is 23.1 Å². The van der Waals surface area contributed by atoms with E-state index in [1.54, 1.807) is 13.8 Å². The summed E-state index contributed by atoms with van der Waals surface area (Å²) in [7, 11) is 0. The molecule has 0 bridgehead atoms. The molecule has 2 aromatic rings. The van der Waals surface area contributed by atoms with E-state index in [9.17, 15) is 13.2 Å². The van der Waals surface area contributed by atoms with Gasteiger partial charge in [-0.2, -0.15) is 4.39 Å². The molecule has 0 saturated heterocycles. The lowest BCUT2D eigenvalue weighted by atomic mass is 10.0. The Morgan fingerprint density at radius 2 is 1.43 bits per heavy atom. The fraction of sp³-hybridized carbons (Fsp3) is 0.250. The zero-order valence-electron chi connectivity index (χ0n) is 11.8. The van der Waals surface area contributed by atoms with Crippen molar-refractivity contribution >= 4 is 0 Å². The predicted octanol–water partition coefficient (Wildman–Crippen LogP) is 4.57. The Kier molecular flexibility index (Phi) is 4.73. The van der Waals surface area contributed by atoms with E-state index in [2.05, 4.69) is 0 Å². The lowest BCUT2D eigenvalue weighted by molar-refractivity contribution is 0.314. The molecule has 0 N–H and O–H groups in total. The summed E-state index contributed by atoms with van der Waals surface area (Å²) in [5.41, 5.74) is 0.202. The van der Waals surface area contributed by atoms with E-state index in [-0.39, 0.29) is 29.2 Å². The minimum Gasteiger partial charge on any atom is -0.491 e. The third-order valence-corrected chi connectivity index (χ3v) is 2.89. The summed E-state index contributed by atoms with van der Waals surface area (Å²) in [4.78, 5) is 0. The number of rotatable bonds is 5. The summed E-state index contributed by atoms with van der Waals surface area (Å²) < 4.78 is 51.7. The predicted molar refractivity (Wildman–Crippen MR) is 74.1 cm³/mol. The molecule has 2 nitrogen and oxygen atoms in total. The topological polar surface area (TPSA) is 18.5 Å². The Morgan fingerprint density at radius 3 is 2.05 bits per heavy atom. The lowest BCUT2D eigenvalue weighted by Gasteiger charge is -2.10. The van der Waals surface area contributed by atoms with Crippen LogP contribution in [0.1, 0.15) is 13.8 Å². The van der Waals surface area contributed by atoms with Crippen molar-refractivity contribution in [1.82, 2.24) is 0 Å². The monoisotopic (exact) mass is 296 g/mol. The van der Waals surface area contributed by atoms with Gasteiger partial charge in [0.05, 0.1) is 13.2 Å². The highest BCUT2D eigenvalue weighted by molar-refractivity contribution is 5.66. The molecule has 0 aliphatic carbocycles. The number of halogens is 3. The third-order valence-electron chi connectivity index (χ3n) is 2.89. The standard InChI is InChI=1S/C16H15F3O2/c1-3-20-13-7-5-10(9-12(13)17)11-6-8-14(21-4-2)16(19)15(11)18/h5-9H,3-4H2,1-2H3. The molecule has 0 aliphatic heterocycles. The van der Waals surface area contributed by atoms with E-state index >= 15 is 0 Å². The van der Waals surface area contributed by atoms with Crippen LogP contribution in [0.25, 0.3) is 11.1 Å². The highest BCUT2D eigenvalue weighted by atomic mass is 19.2. The smallest absolute Gasteiger partial charge is 0.201 e. The van der Waals surface area contributed by atoms with E-state index in [1.807, 2.05) is 0 Å². The molecule has 0 saturated carbocycles. The first-order valence-corrected chi connectivity index (χ1v) is 6.62. The summed E-state index contributed by atoms with van der Waals surface area (Å²) >= 11 is 0. The Labute approximate surface area is 121 Å². The molecule has 0 unspecified atom stereocenters. The van der Waals surface area contributed by atoms with Gasteiger partial charge in [0.2, 0.25) is 5.82 Å². The Hall–Kier alpha value is -2.17. The van der Waals surface area contributed by atoms with Crippen molar-refractivity contribution in [2.75, 3.05) is 13.2 Å². The summed E-state index contributed by atoms with van der Waals surface area (Å²) in [5, 5.41) is 0. The summed E-state index contributed by atoms with van der Waals surface area (Å²) in [5.74, 6) is -2.85. The quantitative estimate of drug-likeness (QED) is 0.804. The van der Waals surface area contributed by atoms with Crippen LogP contribution in [-0.4, -0.2) is 13.2 Å². The number of hydrogen-bond acceptors (Lipinski definition) is 2. The van der Waals surface area contributed by atoms with Crippen molar-refractivity contribution in [3.8, 4) is 22.6 Å². The van der Waals surface area contributed by atoms with Gasteiger partial charge in [-0.15, -0.1) is 0 Å². The molecular formula is C16H15F3O2. The molecule has 0 fully saturated rings. The van der Waals surface area contributed by atoms with Crippen molar-refractivity contribution in [1.29, 1.82) is 0 Å². The van der Waals surface area contributed by atoms with Gasteiger partial charge < -0.3 is 9.47 Å². The second kappa shape index (κ2) is 6.52. The molecule has 0 radical (unpaired) electrons. The van der Waals surface area contributed by atoms with Gasteiger partial charge in [-0.3, -0.25) is 0 Å². The van der Waals surface area contributed by atoms with Crippen molar-refractivity contribution < 1.29 is 22.6 Å². The Balaban J connectivity index is 2.43. The summed E-state index contributed by atoms with van der Waals surface area (Å²) in [6, 6.07) is 6.67. The average Bonchev–Trinajstić information content (AvgIpc) is 2.47. The van der Waals surface area contributed by atoms with Gasteiger partial charge in [0.1, 0.15) is 0 Å². The molecule has 0 atom stereocenters. The molecule has 0 amide bonds. The minimum absolute atomic E-state index is 0.0297. The zero-order valence-corrected chi connectivity index (χ0v) is 11.8. The van der Waals surface area contributed by atoms with Crippen molar-refractivity contribution in [3.05, 3.63) is 47.8 Å². The first kappa shape index (κ1) is 15.2. The van der Waals surface area contributed by atoms with Crippen LogP contribution in [0.15, 0.2) is 30.3 Å². The van der Waals surface area contributed by atoms with E-state index in [0.29, 0.717) is 6.61 Å². The molecular weight excluding hydrogens is 281 g/mol. The van der Waals surface area contributed by atoms with Crippen LogP contribution in [0.2, 0.25) is 0 Å². The van der Waals surface area contributed by atoms with E-state index in [0.717, 1.165) is 6.07 Å². The summed E-state index contributed by atoms with van der Waals surface area (Å²) in [6.07, 6.45) is 0. The zero-order chi connectivity index (χ0) is 15.4. The second-order valence-electron chi connectivity index (χ2n) is 4.25. The maximum atomic E-state index is 14.0. The number of ether oxygens (including phenoxy) is 2. The highest BCUT2D eigenvalue weighted by Gasteiger charge is 2.16. The first-order chi connectivity index (χ1) is 10.1.